The Kier molecular flexibility index (Phi) is 4.90. The molecule has 6 heteroatoms. The molecule has 3 N–H and O–H groups in total. The van der Waals surface area contributed by atoms with E-state index in [2.05, 4.69) is 10.3 Å². The van der Waals surface area contributed by atoms with E-state index >= 15 is 0 Å². The molecule has 0 spiro atoms. The van der Waals surface area contributed by atoms with Crippen LogP contribution in [0.1, 0.15) is 15.9 Å². The minimum absolute atomic E-state index is 0.189. The highest BCUT2D eigenvalue weighted by Crippen LogP contribution is 2.22. The van der Waals surface area contributed by atoms with Crippen LogP contribution >= 0.6 is 0 Å². The lowest BCUT2D eigenvalue weighted by Gasteiger charge is -2.12. The molecular formula is C19H18N4OS. The van der Waals surface area contributed by atoms with E-state index in [0.29, 0.717) is 21.9 Å². The minimum atomic E-state index is -2.58. The number of hydrogen-bond donors (Lipinski definition) is 3. The second-order valence-corrected chi connectivity index (χ2v) is 7.66. The highest BCUT2D eigenvalue weighted by molar-refractivity contribution is 7.93. The van der Waals surface area contributed by atoms with Crippen molar-refractivity contribution in [1.82, 2.24) is 10.3 Å². The topological polar surface area (TPSA) is 89.7 Å². The third-order valence-corrected chi connectivity index (χ3v) is 5.70. The Morgan fingerprint density at radius 2 is 1.60 bits per heavy atom. The molecule has 0 aliphatic rings. The van der Waals surface area contributed by atoms with Gasteiger partial charge in [0, 0.05) is 34.3 Å². The Morgan fingerprint density at radius 1 is 0.920 bits per heavy atom. The van der Waals surface area contributed by atoms with Crippen molar-refractivity contribution in [3.8, 4) is 0 Å². The maximum Gasteiger partial charge on any atom is 0.251 e. The molecule has 0 atom stereocenters. The van der Waals surface area contributed by atoms with Crippen molar-refractivity contribution < 1.29 is 4.79 Å². The van der Waals surface area contributed by atoms with E-state index < -0.39 is 9.62 Å². The Morgan fingerprint density at radius 3 is 2.24 bits per heavy atom. The summed E-state index contributed by atoms with van der Waals surface area (Å²) < 4.78 is 16.8. The third kappa shape index (κ3) is 3.92. The standard InChI is InChI=1S/C19H18N4OS/c20-25(21,17-6-2-1-3-7-17)18-10-8-16(9-11-18)19(24)23-14-15-5-4-12-22-13-15/h1-13,20-21H,14H2,(H,23,24). The van der Waals surface area contributed by atoms with E-state index in [1.165, 1.54) is 0 Å². The summed E-state index contributed by atoms with van der Waals surface area (Å²) >= 11 is 0. The number of rotatable bonds is 5. The molecule has 0 saturated carbocycles. The lowest BCUT2D eigenvalue weighted by Crippen LogP contribution is -2.22. The first-order valence-corrected chi connectivity index (χ1v) is 9.35. The molecule has 3 aromatic rings. The molecule has 0 radical (unpaired) electrons. The van der Waals surface area contributed by atoms with Crippen LogP contribution in [0.25, 0.3) is 0 Å². The molecule has 0 saturated heterocycles. The summed E-state index contributed by atoms with van der Waals surface area (Å²) in [7, 11) is -2.58. The van der Waals surface area contributed by atoms with E-state index in [9.17, 15) is 4.79 Å². The monoisotopic (exact) mass is 350 g/mol. The first kappa shape index (κ1) is 16.9. The van der Waals surface area contributed by atoms with E-state index in [1.807, 2.05) is 30.3 Å². The zero-order valence-electron chi connectivity index (χ0n) is 13.5. The molecule has 1 aromatic heterocycles. The average molecular weight is 350 g/mol. The van der Waals surface area contributed by atoms with Gasteiger partial charge in [-0.25, -0.2) is 0 Å². The molecule has 0 aliphatic heterocycles. The van der Waals surface area contributed by atoms with Crippen LogP contribution in [0.15, 0.2) is 88.9 Å². The molecule has 1 amide bonds. The summed E-state index contributed by atoms with van der Waals surface area (Å²) in [5.41, 5.74) is 1.44. The molecule has 0 fully saturated rings. The van der Waals surface area contributed by atoms with Gasteiger partial charge in [0.25, 0.3) is 5.91 Å². The van der Waals surface area contributed by atoms with Crippen LogP contribution in [-0.2, 0) is 16.2 Å². The number of benzene rings is 2. The molecule has 0 aliphatic carbocycles. The maximum atomic E-state index is 12.2. The fraction of sp³-hybridized carbons (Fsp3) is 0.0526. The SMILES string of the molecule is N=S(=N)(c1ccccc1)c1ccc(C(=O)NCc2cccnc2)cc1. The lowest BCUT2D eigenvalue weighted by atomic mass is 10.2. The van der Waals surface area contributed by atoms with Crippen LogP contribution < -0.4 is 5.32 Å². The molecule has 0 bridgehead atoms. The zero-order chi connectivity index (χ0) is 17.7. The number of aromatic nitrogens is 1. The van der Waals surface area contributed by atoms with Gasteiger partial charge in [0.2, 0.25) is 0 Å². The van der Waals surface area contributed by atoms with Gasteiger partial charge in [-0.05, 0) is 57.6 Å². The average Bonchev–Trinajstić information content (AvgIpc) is 2.68. The Balaban J connectivity index is 1.73. The molecule has 5 nitrogen and oxygen atoms in total. The predicted octanol–water partition coefficient (Wildman–Crippen LogP) is 4.11. The molecule has 25 heavy (non-hydrogen) atoms. The molecule has 1 heterocycles. The van der Waals surface area contributed by atoms with Crippen molar-refractivity contribution in [2.75, 3.05) is 0 Å². The largest absolute Gasteiger partial charge is 0.348 e. The van der Waals surface area contributed by atoms with Crippen molar-refractivity contribution in [2.45, 2.75) is 16.3 Å². The molecule has 3 rings (SSSR count). The quantitative estimate of drug-likeness (QED) is 0.646. The predicted molar refractivity (Wildman–Crippen MR) is 97.6 cm³/mol. The van der Waals surface area contributed by atoms with Gasteiger partial charge in [-0.1, -0.05) is 24.3 Å². The van der Waals surface area contributed by atoms with E-state index in [0.717, 1.165) is 5.56 Å². The number of pyridine rings is 1. The first-order valence-electron chi connectivity index (χ1n) is 7.72. The van der Waals surface area contributed by atoms with Gasteiger partial charge < -0.3 is 5.32 Å². The van der Waals surface area contributed by atoms with Gasteiger partial charge in [-0.2, -0.15) is 0 Å². The maximum absolute atomic E-state index is 12.2. The van der Waals surface area contributed by atoms with Gasteiger partial charge in [-0.3, -0.25) is 19.3 Å². The van der Waals surface area contributed by atoms with Crippen molar-refractivity contribution >= 4 is 15.5 Å². The van der Waals surface area contributed by atoms with Crippen LogP contribution in [0.2, 0.25) is 0 Å². The van der Waals surface area contributed by atoms with Crippen LogP contribution in [0.3, 0.4) is 0 Å². The first-order chi connectivity index (χ1) is 12.1. The summed E-state index contributed by atoms with van der Waals surface area (Å²) in [6, 6.07) is 19.6. The van der Waals surface area contributed by atoms with Crippen molar-refractivity contribution in [3.63, 3.8) is 0 Å². The van der Waals surface area contributed by atoms with Crippen molar-refractivity contribution in [3.05, 3.63) is 90.3 Å². The highest BCUT2D eigenvalue weighted by atomic mass is 32.2. The smallest absolute Gasteiger partial charge is 0.251 e. The van der Waals surface area contributed by atoms with Crippen LogP contribution in [0.4, 0.5) is 0 Å². The molecular weight excluding hydrogens is 332 g/mol. The van der Waals surface area contributed by atoms with E-state index in [4.69, 9.17) is 9.56 Å². The zero-order valence-corrected chi connectivity index (χ0v) is 14.3. The van der Waals surface area contributed by atoms with Gasteiger partial charge in [0.05, 0.1) is 0 Å². The van der Waals surface area contributed by atoms with Gasteiger partial charge in [0.15, 0.2) is 0 Å². The fourth-order valence-corrected chi connectivity index (χ4v) is 3.74. The summed E-state index contributed by atoms with van der Waals surface area (Å²) in [6.45, 7) is 0.407. The number of nitrogens with one attached hydrogen (secondary N) is 3. The lowest BCUT2D eigenvalue weighted by molar-refractivity contribution is 0.0951. The van der Waals surface area contributed by atoms with Crippen LogP contribution in [0.5, 0.6) is 0 Å². The summed E-state index contributed by atoms with van der Waals surface area (Å²) in [5, 5.41) is 2.84. The second-order valence-electron chi connectivity index (χ2n) is 5.49. The fourth-order valence-electron chi connectivity index (χ4n) is 2.36. The second kappa shape index (κ2) is 7.27. The van der Waals surface area contributed by atoms with Crippen LogP contribution in [0, 0.1) is 9.56 Å². The van der Waals surface area contributed by atoms with Gasteiger partial charge in [0.1, 0.15) is 0 Å². The number of carbonyl (C=O) groups is 1. The Labute approximate surface area is 147 Å². The number of nitrogens with zero attached hydrogens (tertiary/aromatic N) is 1. The van der Waals surface area contributed by atoms with Gasteiger partial charge in [-0.15, -0.1) is 0 Å². The van der Waals surface area contributed by atoms with Crippen molar-refractivity contribution in [1.29, 1.82) is 9.56 Å². The number of hydrogen-bond acceptors (Lipinski definition) is 4. The Bertz CT molecular complexity index is 953. The molecule has 126 valence electrons. The normalized spacial score (nSPS) is 11.0. The third-order valence-electron chi connectivity index (χ3n) is 3.74. The number of carbonyl (C=O) groups excluding carboxylic acids is 1. The van der Waals surface area contributed by atoms with Crippen LogP contribution in [-0.4, -0.2) is 10.9 Å². The van der Waals surface area contributed by atoms with E-state index in [-0.39, 0.29) is 5.91 Å². The Hall–Kier alpha value is -2.99. The molecule has 0 unspecified atom stereocenters. The van der Waals surface area contributed by atoms with Crippen molar-refractivity contribution in [2.24, 2.45) is 0 Å². The summed E-state index contributed by atoms with van der Waals surface area (Å²) in [4.78, 5) is 17.5. The highest BCUT2D eigenvalue weighted by Gasteiger charge is 2.11. The minimum Gasteiger partial charge on any atom is -0.348 e. The molecule has 2 aromatic carbocycles. The number of amides is 1. The summed E-state index contributed by atoms with van der Waals surface area (Å²) in [6.07, 6.45) is 3.40. The van der Waals surface area contributed by atoms with Gasteiger partial charge >= 0.3 is 0 Å². The van der Waals surface area contributed by atoms with E-state index in [1.54, 1.807) is 48.8 Å². The summed E-state index contributed by atoms with van der Waals surface area (Å²) in [5.74, 6) is -0.189.